The van der Waals surface area contributed by atoms with Crippen molar-refractivity contribution in [1.29, 1.82) is 0 Å². The third kappa shape index (κ3) is 2.22. The smallest absolute Gasteiger partial charge is 0.186 e. The van der Waals surface area contributed by atoms with Crippen LogP contribution in [0.5, 0.6) is 0 Å². The molecule has 0 aliphatic rings. The van der Waals surface area contributed by atoms with Crippen molar-refractivity contribution in [2.24, 2.45) is 7.05 Å². The molecule has 0 amide bonds. The fraction of sp³-hybridized carbons (Fsp3) is 0.0769. The molecule has 0 fully saturated rings. The van der Waals surface area contributed by atoms with Crippen molar-refractivity contribution in [1.82, 2.24) is 14.8 Å². The molecule has 0 radical (unpaired) electrons. The summed E-state index contributed by atoms with van der Waals surface area (Å²) in [6.45, 7) is 0. The Morgan fingerprint density at radius 1 is 1.20 bits per heavy atom. The summed E-state index contributed by atoms with van der Waals surface area (Å²) in [5.74, 6) is 0.365. The van der Waals surface area contributed by atoms with E-state index in [1.54, 1.807) is 29.2 Å². The average Bonchev–Trinajstić information content (AvgIpc) is 2.95. The highest BCUT2D eigenvalue weighted by atomic mass is 35.5. The summed E-state index contributed by atoms with van der Waals surface area (Å²) in [7, 11) is 1.73. The highest BCUT2D eigenvalue weighted by molar-refractivity contribution is 7.08. The second-order valence-corrected chi connectivity index (χ2v) is 5.67. The molecule has 0 aliphatic carbocycles. The zero-order chi connectivity index (χ0) is 14.3. The van der Waals surface area contributed by atoms with Crippen LogP contribution < -0.4 is 0 Å². The molecule has 20 heavy (non-hydrogen) atoms. The first kappa shape index (κ1) is 13.5. The van der Waals surface area contributed by atoms with E-state index in [4.69, 9.17) is 23.2 Å². The Labute approximate surface area is 128 Å². The molecule has 102 valence electrons. The van der Waals surface area contributed by atoms with Crippen LogP contribution in [0.3, 0.4) is 0 Å². The molecule has 0 atom stereocenters. The fourth-order valence-electron chi connectivity index (χ4n) is 1.88. The van der Waals surface area contributed by atoms with Gasteiger partial charge in [0.15, 0.2) is 11.6 Å². The van der Waals surface area contributed by atoms with Crippen LogP contribution in [0, 0.1) is 5.82 Å². The minimum absolute atomic E-state index is 0.197. The Morgan fingerprint density at radius 2 is 2.00 bits per heavy atom. The van der Waals surface area contributed by atoms with Crippen LogP contribution in [0.2, 0.25) is 10.0 Å². The number of nitrogens with zero attached hydrogens (tertiary/aromatic N) is 3. The number of hydrogen-bond acceptors (Lipinski definition) is 3. The van der Waals surface area contributed by atoms with Gasteiger partial charge in [-0.2, -0.15) is 16.4 Å². The van der Waals surface area contributed by atoms with Gasteiger partial charge in [0.05, 0.1) is 15.6 Å². The lowest BCUT2D eigenvalue weighted by molar-refractivity contribution is 0.629. The van der Waals surface area contributed by atoms with E-state index in [0.29, 0.717) is 10.8 Å². The predicted octanol–water partition coefficient (Wildman–Crippen LogP) is 4.66. The maximum Gasteiger partial charge on any atom is 0.186 e. The first-order chi connectivity index (χ1) is 9.58. The topological polar surface area (TPSA) is 30.7 Å². The van der Waals surface area contributed by atoms with Crippen molar-refractivity contribution >= 4 is 34.5 Å². The van der Waals surface area contributed by atoms with Gasteiger partial charge in [-0.05, 0) is 12.1 Å². The number of rotatable bonds is 2. The molecule has 0 N–H and O–H groups in total. The molecule has 0 spiro atoms. The van der Waals surface area contributed by atoms with Gasteiger partial charge in [0.1, 0.15) is 5.82 Å². The van der Waals surface area contributed by atoms with E-state index in [2.05, 4.69) is 10.1 Å². The number of hydrogen-bond donors (Lipinski definition) is 0. The van der Waals surface area contributed by atoms with Gasteiger partial charge in [0, 0.05) is 23.4 Å². The highest BCUT2D eigenvalue weighted by Gasteiger charge is 2.18. The molecule has 0 saturated heterocycles. The SMILES string of the molecule is Cn1nc(-c2c(F)cccc2Cl)nc1-c1cscc1Cl. The largest absolute Gasteiger partial charge is 0.248 e. The molecule has 0 bridgehead atoms. The normalized spacial score (nSPS) is 11.0. The summed E-state index contributed by atoms with van der Waals surface area (Å²) in [6, 6.07) is 4.48. The molecule has 1 aromatic carbocycles. The Morgan fingerprint density at radius 3 is 2.65 bits per heavy atom. The number of thiophene rings is 1. The molecule has 3 rings (SSSR count). The summed E-state index contributed by atoms with van der Waals surface area (Å²) in [6.07, 6.45) is 0. The molecule has 3 nitrogen and oxygen atoms in total. The number of benzene rings is 1. The van der Waals surface area contributed by atoms with Crippen LogP contribution in [0.1, 0.15) is 0 Å². The molecular weight excluding hydrogens is 320 g/mol. The minimum atomic E-state index is -0.453. The second-order valence-electron chi connectivity index (χ2n) is 4.11. The first-order valence-corrected chi connectivity index (χ1v) is 7.35. The second kappa shape index (κ2) is 5.16. The van der Waals surface area contributed by atoms with E-state index in [1.807, 2.05) is 5.38 Å². The Bertz CT molecular complexity index is 762. The molecule has 0 saturated carbocycles. The Kier molecular flexibility index (Phi) is 3.50. The number of aryl methyl sites for hydroxylation is 1. The monoisotopic (exact) mass is 327 g/mol. The maximum absolute atomic E-state index is 13.9. The average molecular weight is 328 g/mol. The lowest BCUT2D eigenvalue weighted by Gasteiger charge is -2.00. The van der Waals surface area contributed by atoms with Gasteiger partial charge in [-0.1, -0.05) is 29.3 Å². The van der Waals surface area contributed by atoms with Crippen LogP contribution in [-0.4, -0.2) is 14.8 Å². The van der Waals surface area contributed by atoms with E-state index in [1.165, 1.54) is 17.4 Å². The maximum atomic E-state index is 13.9. The van der Waals surface area contributed by atoms with Gasteiger partial charge in [0.2, 0.25) is 0 Å². The third-order valence-corrected chi connectivity index (χ3v) is 4.31. The quantitative estimate of drug-likeness (QED) is 0.685. The number of aromatic nitrogens is 3. The third-order valence-electron chi connectivity index (χ3n) is 2.81. The highest BCUT2D eigenvalue weighted by Crippen LogP contribution is 2.33. The van der Waals surface area contributed by atoms with E-state index in [0.717, 1.165) is 5.56 Å². The molecule has 3 aromatic rings. The lowest BCUT2D eigenvalue weighted by Crippen LogP contribution is -1.94. The minimum Gasteiger partial charge on any atom is -0.248 e. The fourth-order valence-corrected chi connectivity index (χ4v) is 3.17. The predicted molar refractivity (Wildman–Crippen MR) is 79.7 cm³/mol. The molecule has 7 heteroatoms. The van der Waals surface area contributed by atoms with Crippen LogP contribution in [0.25, 0.3) is 22.8 Å². The van der Waals surface area contributed by atoms with Crippen molar-refractivity contribution in [2.75, 3.05) is 0 Å². The molecule has 2 aromatic heterocycles. The van der Waals surface area contributed by atoms with Gasteiger partial charge in [-0.15, -0.1) is 0 Å². The summed E-state index contributed by atoms with van der Waals surface area (Å²) >= 11 is 13.6. The van der Waals surface area contributed by atoms with E-state index in [-0.39, 0.29) is 16.4 Å². The standard InChI is InChI=1S/C13H8Cl2FN3S/c1-19-13(7-5-20-6-9(7)15)17-12(18-19)11-8(14)3-2-4-10(11)16/h2-6H,1H3. The van der Waals surface area contributed by atoms with E-state index in [9.17, 15) is 4.39 Å². The lowest BCUT2D eigenvalue weighted by atomic mass is 10.2. The number of halogens is 3. The van der Waals surface area contributed by atoms with Crippen LogP contribution in [0.15, 0.2) is 29.0 Å². The van der Waals surface area contributed by atoms with Crippen molar-refractivity contribution in [3.63, 3.8) is 0 Å². The summed E-state index contributed by atoms with van der Waals surface area (Å²) in [5, 5.41) is 8.78. The van der Waals surface area contributed by atoms with Crippen LogP contribution in [0.4, 0.5) is 4.39 Å². The Balaban J connectivity index is 2.17. The Hall–Kier alpha value is -1.43. The van der Waals surface area contributed by atoms with Gasteiger partial charge in [-0.25, -0.2) is 14.1 Å². The first-order valence-electron chi connectivity index (χ1n) is 5.65. The van der Waals surface area contributed by atoms with Gasteiger partial charge >= 0.3 is 0 Å². The van der Waals surface area contributed by atoms with Gasteiger partial charge in [0.25, 0.3) is 0 Å². The van der Waals surface area contributed by atoms with Gasteiger partial charge < -0.3 is 0 Å². The molecule has 0 aliphatic heterocycles. The van der Waals surface area contributed by atoms with Crippen LogP contribution in [-0.2, 0) is 7.05 Å². The summed E-state index contributed by atoms with van der Waals surface area (Å²) in [4.78, 5) is 4.35. The summed E-state index contributed by atoms with van der Waals surface area (Å²) < 4.78 is 15.5. The van der Waals surface area contributed by atoms with Crippen molar-refractivity contribution < 1.29 is 4.39 Å². The molecular formula is C13H8Cl2FN3S. The van der Waals surface area contributed by atoms with Gasteiger partial charge in [-0.3, -0.25) is 0 Å². The molecule has 2 heterocycles. The van der Waals surface area contributed by atoms with Crippen LogP contribution >= 0.6 is 34.5 Å². The zero-order valence-electron chi connectivity index (χ0n) is 10.3. The van der Waals surface area contributed by atoms with Crippen molar-refractivity contribution in [3.8, 4) is 22.8 Å². The van der Waals surface area contributed by atoms with Crippen molar-refractivity contribution in [3.05, 3.63) is 44.8 Å². The van der Waals surface area contributed by atoms with E-state index >= 15 is 0 Å². The zero-order valence-corrected chi connectivity index (χ0v) is 12.6. The molecule has 0 unspecified atom stereocenters. The summed E-state index contributed by atoms with van der Waals surface area (Å²) in [5.41, 5.74) is 0.966. The van der Waals surface area contributed by atoms with Crippen molar-refractivity contribution in [2.45, 2.75) is 0 Å². The van der Waals surface area contributed by atoms with E-state index < -0.39 is 5.82 Å².